The van der Waals surface area contributed by atoms with Crippen molar-refractivity contribution in [2.75, 3.05) is 33.9 Å². The number of nitrogens with one attached hydrogen (secondary N) is 2. The van der Waals surface area contributed by atoms with Gasteiger partial charge >= 0.3 is 0 Å². The summed E-state index contributed by atoms with van der Waals surface area (Å²) in [6, 6.07) is 2.08. The lowest BCUT2D eigenvalue weighted by molar-refractivity contribution is 0.350. The molecule has 1 aromatic carbocycles. The Labute approximate surface area is 130 Å². The Balaban J connectivity index is 0.00000400. The highest BCUT2D eigenvalue weighted by Crippen LogP contribution is 2.31. The lowest BCUT2D eigenvalue weighted by atomic mass is 10.3. The Morgan fingerprint density at radius 1 is 1.14 bits per heavy atom. The van der Waals surface area contributed by atoms with Crippen LogP contribution in [0.1, 0.15) is 6.92 Å². The molecule has 0 atom stereocenters. The van der Waals surface area contributed by atoms with E-state index in [0.29, 0.717) is 6.54 Å². The molecule has 0 saturated carbocycles. The van der Waals surface area contributed by atoms with Gasteiger partial charge in [-0.15, -0.1) is 12.4 Å². The standard InChI is InChI=1S/C12H19FN2O4S.ClH/c1-4-14-5-6-15-20(16,17)12-8-11(19-3)10(18-2)7-9(12)13;/h7-8,14-15H,4-6H2,1-3H3;1H. The molecule has 0 aliphatic heterocycles. The number of benzene rings is 1. The van der Waals surface area contributed by atoms with E-state index in [-0.39, 0.29) is 30.5 Å². The van der Waals surface area contributed by atoms with Crippen molar-refractivity contribution in [3.63, 3.8) is 0 Å². The molecule has 0 heterocycles. The highest BCUT2D eigenvalue weighted by atomic mass is 35.5. The maximum atomic E-state index is 13.9. The summed E-state index contributed by atoms with van der Waals surface area (Å²) >= 11 is 0. The minimum absolute atomic E-state index is 0. The first-order chi connectivity index (χ1) is 9.46. The summed E-state index contributed by atoms with van der Waals surface area (Å²) in [5, 5.41) is 2.96. The predicted octanol–water partition coefficient (Wildman–Crippen LogP) is 1.15. The van der Waals surface area contributed by atoms with Crippen molar-refractivity contribution >= 4 is 22.4 Å². The Morgan fingerprint density at radius 2 is 1.71 bits per heavy atom. The number of hydrogen-bond acceptors (Lipinski definition) is 5. The average Bonchev–Trinajstić information content (AvgIpc) is 2.43. The summed E-state index contributed by atoms with van der Waals surface area (Å²) in [5.41, 5.74) is 0. The molecule has 0 bridgehead atoms. The van der Waals surface area contributed by atoms with Crippen molar-refractivity contribution in [2.24, 2.45) is 0 Å². The van der Waals surface area contributed by atoms with Crippen molar-refractivity contribution in [2.45, 2.75) is 11.8 Å². The first-order valence-electron chi connectivity index (χ1n) is 6.08. The van der Waals surface area contributed by atoms with E-state index in [2.05, 4.69) is 10.0 Å². The van der Waals surface area contributed by atoms with Gasteiger partial charge in [-0.3, -0.25) is 0 Å². The molecule has 21 heavy (non-hydrogen) atoms. The van der Waals surface area contributed by atoms with Gasteiger partial charge in [-0.2, -0.15) is 0 Å². The van der Waals surface area contributed by atoms with Crippen molar-refractivity contribution in [3.05, 3.63) is 17.9 Å². The molecule has 0 radical (unpaired) electrons. The first kappa shape index (κ1) is 19.9. The Bertz CT molecular complexity index is 554. The molecule has 1 rings (SSSR count). The number of likely N-dealkylation sites (N-methyl/N-ethyl adjacent to an activating group) is 1. The van der Waals surface area contributed by atoms with Crippen LogP contribution in [0.15, 0.2) is 17.0 Å². The third-order valence-electron chi connectivity index (χ3n) is 2.57. The molecule has 0 aromatic heterocycles. The number of hydrogen-bond donors (Lipinski definition) is 2. The van der Waals surface area contributed by atoms with Crippen molar-refractivity contribution in [1.82, 2.24) is 10.0 Å². The van der Waals surface area contributed by atoms with E-state index in [1.165, 1.54) is 14.2 Å². The predicted molar refractivity (Wildman–Crippen MR) is 80.5 cm³/mol. The number of ether oxygens (including phenoxy) is 2. The van der Waals surface area contributed by atoms with Crippen LogP contribution in [-0.4, -0.2) is 42.3 Å². The number of rotatable bonds is 8. The Morgan fingerprint density at radius 3 is 2.24 bits per heavy atom. The monoisotopic (exact) mass is 342 g/mol. The fraction of sp³-hybridized carbons (Fsp3) is 0.500. The third-order valence-corrected chi connectivity index (χ3v) is 4.05. The minimum atomic E-state index is -3.93. The Kier molecular flexibility index (Phi) is 8.57. The molecule has 1 aromatic rings. The smallest absolute Gasteiger partial charge is 0.243 e. The van der Waals surface area contributed by atoms with E-state index in [4.69, 9.17) is 9.47 Å². The molecule has 9 heteroatoms. The summed E-state index contributed by atoms with van der Waals surface area (Å²) in [7, 11) is -1.23. The summed E-state index contributed by atoms with van der Waals surface area (Å²) < 4.78 is 50.1. The third kappa shape index (κ3) is 5.31. The first-order valence-corrected chi connectivity index (χ1v) is 7.56. The fourth-order valence-electron chi connectivity index (χ4n) is 1.57. The van der Waals surface area contributed by atoms with Gasteiger partial charge in [0.2, 0.25) is 10.0 Å². The van der Waals surface area contributed by atoms with Gasteiger partial charge in [-0.25, -0.2) is 17.5 Å². The van der Waals surface area contributed by atoms with Gasteiger partial charge < -0.3 is 14.8 Å². The largest absolute Gasteiger partial charge is 0.493 e. The second-order valence-corrected chi connectivity index (χ2v) is 5.62. The maximum absolute atomic E-state index is 13.9. The van der Waals surface area contributed by atoms with Gasteiger partial charge in [0.1, 0.15) is 10.7 Å². The van der Waals surface area contributed by atoms with Gasteiger partial charge in [0.15, 0.2) is 11.5 Å². The second-order valence-electron chi connectivity index (χ2n) is 3.89. The lowest BCUT2D eigenvalue weighted by Crippen LogP contribution is -2.32. The minimum Gasteiger partial charge on any atom is -0.493 e. The molecule has 0 saturated heterocycles. The quantitative estimate of drug-likeness (QED) is 0.693. The summed E-state index contributed by atoms with van der Waals surface area (Å²) in [6.45, 7) is 3.27. The van der Waals surface area contributed by atoms with Crippen LogP contribution < -0.4 is 19.5 Å². The van der Waals surface area contributed by atoms with E-state index < -0.39 is 20.7 Å². The fourth-order valence-corrected chi connectivity index (χ4v) is 2.67. The topological polar surface area (TPSA) is 76.7 Å². The highest BCUT2D eigenvalue weighted by Gasteiger charge is 2.22. The van der Waals surface area contributed by atoms with Crippen LogP contribution in [0.4, 0.5) is 4.39 Å². The van der Waals surface area contributed by atoms with Gasteiger partial charge in [0.25, 0.3) is 0 Å². The van der Waals surface area contributed by atoms with Crippen molar-refractivity contribution in [3.8, 4) is 11.5 Å². The molecule has 0 aliphatic rings. The van der Waals surface area contributed by atoms with E-state index in [9.17, 15) is 12.8 Å². The number of sulfonamides is 1. The zero-order valence-electron chi connectivity index (χ0n) is 12.1. The number of halogens is 2. The van der Waals surface area contributed by atoms with E-state index >= 15 is 0 Å². The normalized spacial score (nSPS) is 10.9. The molecular formula is C12H20ClFN2O4S. The van der Waals surface area contributed by atoms with Crippen LogP contribution in [0.5, 0.6) is 11.5 Å². The molecular weight excluding hydrogens is 323 g/mol. The van der Waals surface area contributed by atoms with E-state index in [1.807, 2.05) is 6.92 Å². The number of methoxy groups -OCH3 is 2. The highest BCUT2D eigenvalue weighted by molar-refractivity contribution is 7.89. The zero-order chi connectivity index (χ0) is 15.2. The molecule has 0 spiro atoms. The van der Waals surface area contributed by atoms with Crippen LogP contribution in [0, 0.1) is 5.82 Å². The van der Waals surface area contributed by atoms with Crippen LogP contribution in [0.2, 0.25) is 0 Å². The molecule has 0 fully saturated rings. The summed E-state index contributed by atoms with van der Waals surface area (Å²) in [5.74, 6) is -0.601. The van der Waals surface area contributed by atoms with Crippen LogP contribution in [0.3, 0.4) is 0 Å². The van der Waals surface area contributed by atoms with Crippen molar-refractivity contribution < 1.29 is 22.3 Å². The Hall–Kier alpha value is -1.09. The van der Waals surface area contributed by atoms with Crippen LogP contribution in [-0.2, 0) is 10.0 Å². The van der Waals surface area contributed by atoms with E-state index in [0.717, 1.165) is 18.7 Å². The molecule has 6 nitrogen and oxygen atoms in total. The molecule has 0 unspecified atom stereocenters. The molecule has 0 aliphatic carbocycles. The maximum Gasteiger partial charge on any atom is 0.243 e. The van der Waals surface area contributed by atoms with Gasteiger partial charge in [-0.1, -0.05) is 6.92 Å². The zero-order valence-corrected chi connectivity index (χ0v) is 13.7. The molecule has 2 N–H and O–H groups in total. The van der Waals surface area contributed by atoms with Gasteiger partial charge in [-0.05, 0) is 6.54 Å². The van der Waals surface area contributed by atoms with Crippen LogP contribution >= 0.6 is 12.4 Å². The van der Waals surface area contributed by atoms with Gasteiger partial charge in [0.05, 0.1) is 14.2 Å². The van der Waals surface area contributed by atoms with E-state index in [1.54, 1.807) is 0 Å². The van der Waals surface area contributed by atoms with Gasteiger partial charge in [0, 0.05) is 25.2 Å². The van der Waals surface area contributed by atoms with Crippen molar-refractivity contribution in [1.29, 1.82) is 0 Å². The molecule has 122 valence electrons. The summed E-state index contributed by atoms with van der Waals surface area (Å²) in [6.07, 6.45) is 0. The average molecular weight is 343 g/mol. The lowest BCUT2D eigenvalue weighted by Gasteiger charge is -2.12. The summed E-state index contributed by atoms with van der Waals surface area (Å²) in [4.78, 5) is -0.466. The SMILES string of the molecule is CCNCCNS(=O)(=O)c1cc(OC)c(OC)cc1F.Cl. The molecule has 0 amide bonds. The van der Waals surface area contributed by atoms with Crippen LogP contribution in [0.25, 0.3) is 0 Å². The second kappa shape index (κ2) is 9.04.